The molecule has 116 valence electrons. The number of rotatable bonds is 4. The summed E-state index contributed by atoms with van der Waals surface area (Å²) in [4.78, 5) is 10.6. The van der Waals surface area contributed by atoms with Crippen LogP contribution in [-0.2, 0) is 12.8 Å². The highest BCUT2D eigenvalue weighted by Crippen LogP contribution is 2.36. The fourth-order valence-corrected chi connectivity index (χ4v) is 2.06. The van der Waals surface area contributed by atoms with Crippen LogP contribution in [0.25, 0.3) is 0 Å². The fourth-order valence-electron chi connectivity index (χ4n) is 1.78. The third-order valence-corrected chi connectivity index (χ3v) is 3.19. The maximum Gasteiger partial charge on any atom is 0.417 e. The van der Waals surface area contributed by atoms with Gasteiger partial charge in [-0.15, -0.1) is 0 Å². The molecule has 7 heteroatoms. The minimum Gasteiger partial charge on any atom is -0.489 e. The van der Waals surface area contributed by atoms with E-state index in [9.17, 15) is 22.4 Å². The Labute approximate surface area is 128 Å². The average molecular weight is 333 g/mol. The lowest BCUT2D eigenvalue weighted by atomic mass is 10.1. The molecular weight excluding hydrogens is 324 g/mol. The molecule has 0 aromatic heterocycles. The van der Waals surface area contributed by atoms with Gasteiger partial charge in [-0.2, -0.15) is 13.2 Å². The summed E-state index contributed by atoms with van der Waals surface area (Å²) in [5, 5.41) is -0.507. The lowest BCUT2D eigenvalue weighted by molar-refractivity contribution is -0.137. The van der Waals surface area contributed by atoms with E-state index in [0.29, 0.717) is 6.29 Å². The Kier molecular flexibility index (Phi) is 4.71. The summed E-state index contributed by atoms with van der Waals surface area (Å²) in [6, 6.07) is 7.08. The van der Waals surface area contributed by atoms with Crippen molar-refractivity contribution >= 4 is 17.9 Å². The van der Waals surface area contributed by atoms with Crippen LogP contribution in [0.4, 0.5) is 17.6 Å². The van der Waals surface area contributed by atoms with Gasteiger partial charge in [-0.1, -0.05) is 23.7 Å². The Morgan fingerprint density at radius 3 is 2.50 bits per heavy atom. The lowest BCUT2D eigenvalue weighted by Crippen LogP contribution is -2.06. The molecular formula is C15H9ClF4O2. The van der Waals surface area contributed by atoms with E-state index in [4.69, 9.17) is 16.3 Å². The van der Waals surface area contributed by atoms with Crippen molar-refractivity contribution < 1.29 is 27.1 Å². The summed E-state index contributed by atoms with van der Waals surface area (Å²) in [5.74, 6) is -0.663. The number of halogens is 5. The van der Waals surface area contributed by atoms with Crippen molar-refractivity contribution in [2.75, 3.05) is 0 Å². The number of alkyl halides is 3. The van der Waals surface area contributed by atoms with Crippen LogP contribution in [0.1, 0.15) is 21.5 Å². The van der Waals surface area contributed by atoms with Gasteiger partial charge in [0.2, 0.25) is 0 Å². The Balaban J connectivity index is 2.16. The Bertz CT molecular complexity index is 698. The van der Waals surface area contributed by atoms with Crippen LogP contribution in [0.15, 0.2) is 36.4 Å². The number of benzene rings is 2. The zero-order valence-corrected chi connectivity index (χ0v) is 11.7. The van der Waals surface area contributed by atoms with Crippen molar-refractivity contribution in [1.29, 1.82) is 0 Å². The normalized spacial score (nSPS) is 11.3. The standard InChI is InChI=1S/C15H9ClF4O2/c16-13-6-11(4-5-12(13)15(18,19)20)22-8-10-3-1-2-9(7-21)14(10)17/h1-7H,8H2. The molecule has 0 atom stereocenters. The average Bonchev–Trinajstić information content (AvgIpc) is 2.45. The quantitative estimate of drug-likeness (QED) is 0.588. The third kappa shape index (κ3) is 3.57. The number of hydrogen-bond donors (Lipinski definition) is 0. The first kappa shape index (κ1) is 16.3. The van der Waals surface area contributed by atoms with E-state index in [0.717, 1.165) is 18.2 Å². The van der Waals surface area contributed by atoms with Crippen molar-refractivity contribution in [3.05, 3.63) is 63.9 Å². The van der Waals surface area contributed by atoms with E-state index in [1.165, 1.54) is 18.2 Å². The maximum absolute atomic E-state index is 13.8. The van der Waals surface area contributed by atoms with Crippen LogP contribution in [0.3, 0.4) is 0 Å². The van der Waals surface area contributed by atoms with E-state index >= 15 is 0 Å². The molecule has 0 saturated carbocycles. The molecule has 22 heavy (non-hydrogen) atoms. The van der Waals surface area contributed by atoms with Crippen molar-refractivity contribution in [1.82, 2.24) is 0 Å². The SMILES string of the molecule is O=Cc1cccc(COc2ccc(C(F)(F)F)c(Cl)c2)c1F. The molecule has 0 spiro atoms. The molecule has 0 aliphatic carbocycles. The lowest BCUT2D eigenvalue weighted by Gasteiger charge is -2.12. The minimum atomic E-state index is -4.56. The monoisotopic (exact) mass is 332 g/mol. The van der Waals surface area contributed by atoms with Crippen LogP contribution >= 0.6 is 11.6 Å². The Morgan fingerprint density at radius 2 is 1.91 bits per heavy atom. The molecule has 0 bridgehead atoms. The van der Waals surface area contributed by atoms with Gasteiger partial charge in [0, 0.05) is 5.56 Å². The topological polar surface area (TPSA) is 26.3 Å². The van der Waals surface area contributed by atoms with Gasteiger partial charge in [-0.3, -0.25) is 4.79 Å². The molecule has 2 aromatic carbocycles. The largest absolute Gasteiger partial charge is 0.489 e. The van der Waals surface area contributed by atoms with Crippen LogP contribution < -0.4 is 4.74 Å². The first-order valence-corrected chi connectivity index (χ1v) is 6.43. The summed E-state index contributed by atoms with van der Waals surface area (Å²) in [7, 11) is 0. The van der Waals surface area contributed by atoms with Gasteiger partial charge in [0.25, 0.3) is 0 Å². The summed E-state index contributed by atoms with van der Waals surface area (Å²) >= 11 is 5.55. The zero-order chi connectivity index (χ0) is 16.3. The van der Waals surface area contributed by atoms with Gasteiger partial charge in [0.15, 0.2) is 6.29 Å². The maximum atomic E-state index is 13.8. The van der Waals surface area contributed by atoms with Gasteiger partial charge in [0.05, 0.1) is 16.1 Å². The van der Waals surface area contributed by atoms with Crippen LogP contribution in [0, 0.1) is 5.82 Å². The molecule has 2 nitrogen and oxygen atoms in total. The second kappa shape index (κ2) is 6.36. The van der Waals surface area contributed by atoms with Crippen LogP contribution in [0.2, 0.25) is 5.02 Å². The minimum absolute atomic E-state index is 0.0638. The van der Waals surface area contributed by atoms with Gasteiger partial charge >= 0.3 is 6.18 Å². The molecule has 0 heterocycles. The molecule has 2 aromatic rings. The van der Waals surface area contributed by atoms with E-state index < -0.39 is 22.6 Å². The smallest absolute Gasteiger partial charge is 0.417 e. The summed E-state index contributed by atoms with van der Waals surface area (Å²) in [6.45, 7) is -0.241. The first-order valence-electron chi connectivity index (χ1n) is 6.05. The number of ether oxygens (including phenoxy) is 1. The van der Waals surface area contributed by atoms with E-state index in [2.05, 4.69) is 0 Å². The first-order chi connectivity index (χ1) is 10.3. The van der Waals surface area contributed by atoms with Gasteiger partial charge in [-0.25, -0.2) is 4.39 Å². The molecule has 0 saturated heterocycles. The second-order valence-corrected chi connectivity index (χ2v) is 4.77. The molecule has 2 rings (SSSR count). The Hall–Kier alpha value is -2.08. The van der Waals surface area contributed by atoms with E-state index in [-0.39, 0.29) is 23.5 Å². The number of hydrogen-bond acceptors (Lipinski definition) is 2. The number of carbonyl (C=O) groups excluding carboxylic acids is 1. The fraction of sp³-hybridized carbons (Fsp3) is 0.133. The Morgan fingerprint density at radius 1 is 1.18 bits per heavy atom. The van der Waals surface area contributed by atoms with Crippen molar-refractivity contribution in [2.24, 2.45) is 0 Å². The molecule has 0 aliphatic rings. The zero-order valence-electron chi connectivity index (χ0n) is 11.0. The summed E-state index contributed by atoms with van der Waals surface area (Å²) < 4.78 is 56.7. The molecule has 0 unspecified atom stereocenters. The van der Waals surface area contributed by atoms with Crippen molar-refractivity contribution in [3.8, 4) is 5.75 Å². The highest BCUT2D eigenvalue weighted by atomic mass is 35.5. The van der Waals surface area contributed by atoms with Crippen LogP contribution in [0.5, 0.6) is 5.75 Å². The molecule has 0 fully saturated rings. The molecule has 0 N–H and O–H groups in total. The summed E-state index contributed by atoms with van der Waals surface area (Å²) in [5.41, 5.74) is -0.983. The van der Waals surface area contributed by atoms with Gasteiger partial charge < -0.3 is 4.74 Å². The van der Waals surface area contributed by atoms with Crippen molar-refractivity contribution in [2.45, 2.75) is 12.8 Å². The number of aldehydes is 1. The molecule has 0 radical (unpaired) electrons. The summed E-state index contributed by atoms with van der Waals surface area (Å²) in [6.07, 6.45) is -4.19. The number of carbonyl (C=O) groups is 1. The van der Waals surface area contributed by atoms with E-state index in [1.807, 2.05) is 0 Å². The molecule has 0 amide bonds. The third-order valence-electron chi connectivity index (χ3n) is 2.88. The predicted octanol–water partition coefficient (Wildman–Crippen LogP) is 4.89. The predicted molar refractivity (Wildman–Crippen MR) is 72.6 cm³/mol. The highest BCUT2D eigenvalue weighted by molar-refractivity contribution is 6.31. The molecule has 0 aliphatic heterocycles. The van der Waals surface area contributed by atoms with E-state index in [1.54, 1.807) is 0 Å². The van der Waals surface area contributed by atoms with Gasteiger partial charge in [-0.05, 0) is 24.3 Å². The second-order valence-electron chi connectivity index (χ2n) is 4.37. The highest BCUT2D eigenvalue weighted by Gasteiger charge is 2.33. The van der Waals surface area contributed by atoms with Gasteiger partial charge in [0.1, 0.15) is 18.2 Å². The van der Waals surface area contributed by atoms with Crippen molar-refractivity contribution in [3.63, 3.8) is 0 Å². The van der Waals surface area contributed by atoms with Crippen LogP contribution in [-0.4, -0.2) is 6.29 Å².